The largest absolute Gasteiger partial charge is 0.339 e. The highest BCUT2D eigenvalue weighted by atomic mass is 32.2. The van der Waals surface area contributed by atoms with Crippen molar-refractivity contribution in [3.8, 4) is 10.7 Å². The van der Waals surface area contributed by atoms with Crippen LogP contribution in [0.25, 0.3) is 10.7 Å². The summed E-state index contributed by atoms with van der Waals surface area (Å²) in [6.45, 7) is 1.69. The summed E-state index contributed by atoms with van der Waals surface area (Å²) < 4.78 is 46.5. The van der Waals surface area contributed by atoms with Gasteiger partial charge in [-0.3, -0.25) is 4.72 Å². The molecule has 1 fully saturated rings. The third-order valence-corrected chi connectivity index (χ3v) is 6.54. The number of nitrogens with zero attached hydrogens (tertiary/aromatic N) is 2. The Morgan fingerprint density at radius 1 is 1.32 bits per heavy atom. The molecule has 0 amide bonds. The second kappa shape index (κ2) is 5.92. The van der Waals surface area contributed by atoms with Crippen LogP contribution in [0.2, 0.25) is 0 Å². The number of aromatic nitrogens is 2. The molecule has 9 heteroatoms. The van der Waals surface area contributed by atoms with Crippen molar-refractivity contribution in [2.45, 2.75) is 30.6 Å². The smallest absolute Gasteiger partial charge is 0.263 e. The standard InChI is InChI=1S/C16H14FN3O3S2/c1-9-14(25(21,22)20-12-5-3-2-4-11(12)17)8-13(24-9)15-18-16(23-19-15)10-6-7-10/h2-5,8,10,20H,6-7H2,1H3. The minimum Gasteiger partial charge on any atom is -0.339 e. The van der Waals surface area contributed by atoms with E-state index in [1.165, 1.54) is 35.6 Å². The minimum atomic E-state index is -3.92. The van der Waals surface area contributed by atoms with Crippen molar-refractivity contribution >= 4 is 27.0 Å². The van der Waals surface area contributed by atoms with Crippen molar-refractivity contribution in [2.24, 2.45) is 0 Å². The van der Waals surface area contributed by atoms with Crippen LogP contribution in [0.1, 0.15) is 29.5 Å². The van der Waals surface area contributed by atoms with Crippen LogP contribution in [0.5, 0.6) is 0 Å². The zero-order chi connectivity index (χ0) is 17.6. The predicted octanol–water partition coefficient (Wildman–Crippen LogP) is 3.92. The topological polar surface area (TPSA) is 85.1 Å². The van der Waals surface area contributed by atoms with Gasteiger partial charge in [-0.05, 0) is 38.0 Å². The van der Waals surface area contributed by atoms with Gasteiger partial charge in [0.05, 0.1) is 10.6 Å². The Labute approximate surface area is 147 Å². The third-order valence-electron chi connectivity index (χ3n) is 3.87. The molecule has 0 radical (unpaired) electrons. The molecule has 4 rings (SSSR count). The van der Waals surface area contributed by atoms with Gasteiger partial charge in [0.2, 0.25) is 11.7 Å². The molecule has 25 heavy (non-hydrogen) atoms. The highest BCUT2D eigenvalue weighted by Crippen LogP contribution is 2.40. The number of nitrogens with one attached hydrogen (secondary N) is 1. The van der Waals surface area contributed by atoms with Crippen LogP contribution in [0.15, 0.2) is 39.8 Å². The molecule has 0 aliphatic heterocycles. The Morgan fingerprint density at radius 3 is 2.80 bits per heavy atom. The van der Waals surface area contributed by atoms with Crippen LogP contribution >= 0.6 is 11.3 Å². The summed E-state index contributed by atoms with van der Waals surface area (Å²) in [5.74, 6) is 0.664. The van der Waals surface area contributed by atoms with E-state index in [-0.39, 0.29) is 10.6 Å². The van der Waals surface area contributed by atoms with Crippen molar-refractivity contribution in [1.82, 2.24) is 10.1 Å². The normalized spacial score (nSPS) is 14.6. The average molecular weight is 379 g/mol. The van der Waals surface area contributed by atoms with E-state index < -0.39 is 15.8 Å². The lowest BCUT2D eigenvalue weighted by Gasteiger charge is -2.08. The van der Waals surface area contributed by atoms with Crippen LogP contribution in [-0.2, 0) is 10.0 Å². The first-order chi connectivity index (χ1) is 11.9. The van der Waals surface area contributed by atoms with Crippen LogP contribution in [0.3, 0.4) is 0 Å². The lowest BCUT2D eigenvalue weighted by Crippen LogP contribution is -2.14. The fraction of sp³-hybridized carbons (Fsp3) is 0.250. The zero-order valence-electron chi connectivity index (χ0n) is 13.2. The molecule has 1 N–H and O–H groups in total. The SMILES string of the molecule is Cc1sc(-c2noc(C3CC3)n2)cc1S(=O)(=O)Nc1ccccc1F. The van der Waals surface area contributed by atoms with Crippen LogP contribution < -0.4 is 4.72 Å². The molecule has 2 aromatic heterocycles. The van der Waals surface area contributed by atoms with Crippen molar-refractivity contribution in [3.63, 3.8) is 0 Å². The predicted molar refractivity (Wildman–Crippen MR) is 91.5 cm³/mol. The van der Waals surface area contributed by atoms with Gasteiger partial charge in [0.15, 0.2) is 0 Å². The van der Waals surface area contributed by atoms with Crippen molar-refractivity contribution < 1.29 is 17.3 Å². The third kappa shape index (κ3) is 3.16. The number of anilines is 1. The van der Waals surface area contributed by atoms with E-state index in [0.717, 1.165) is 12.8 Å². The first-order valence-corrected chi connectivity index (χ1v) is 9.96. The van der Waals surface area contributed by atoms with E-state index in [1.807, 2.05) is 0 Å². The van der Waals surface area contributed by atoms with E-state index in [0.29, 0.717) is 27.4 Å². The zero-order valence-corrected chi connectivity index (χ0v) is 14.8. The summed E-state index contributed by atoms with van der Waals surface area (Å²) in [6.07, 6.45) is 2.08. The number of para-hydroxylation sites is 1. The second-order valence-corrected chi connectivity index (χ2v) is 8.75. The maximum Gasteiger partial charge on any atom is 0.263 e. The number of hydrogen-bond donors (Lipinski definition) is 1. The molecule has 0 saturated heterocycles. The number of thiophene rings is 1. The van der Waals surface area contributed by atoms with E-state index in [1.54, 1.807) is 13.0 Å². The number of aryl methyl sites for hydroxylation is 1. The molecule has 2 heterocycles. The van der Waals surface area contributed by atoms with Crippen molar-refractivity contribution in [1.29, 1.82) is 0 Å². The van der Waals surface area contributed by atoms with Crippen molar-refractivity contribution in [2.75, 3.05) is 4.72 Å². The Morgan fingerprint density at radius 2 is 2.08 bits per heavy atom. The van der Waals surface area contributed by atoms with Crippen molar-refractivity contribution in [3.05, 3.63) is 46.9 Å². The molecule has 1 aliphatic rings. The Hall–Kier alpha value is -2.26. The van der Waals surface area contributed by atoms with Gasteiger partial charge in [-0.25, -0.2) is 12.8 Å². The molecule has 3 aromatic rings. The molecular weight excluding hydrogens is 365 g/mol. The first kappa shape index (κ1) is 16.2. The lowest BCUT2D eigenvalue weighted by atomic mass is 10.3. The highest BCUT2D eigenvalue weighted by molar-refractivity contribution is 7.93. The Balaban J connectivity index is 1.65. The fourth-order valence-corrected chi connectivity index (χ4v) is 5.00. The maximum atomic E-state index is 13.7. The summed E-state index contributed by atoms with van der Waals surface area (Å²) in [4.78, 5) is 5.58. The number of sulfonamides is 1. The molecule has 0 spiro atoms. The monoisotopic (exact) mass is 379 g/mol. The van der Waals surface area contributed by atoms with Gasteiger partial charge >= 0.3 is 0 Å². The first-order valence-electron chi connectivity index (χ1n) is 7.66. The lowest BCUT2D eigenvalue weighted by molar-refractivity contribution is 0.380. The maximum absolute atomic E-state index is 13.7. The van der Waals surface area contributed by atoms with E-state index in [4.69, 9.17) is 4.52 Å². The number of hydrogen-bond acceptors (Lipinski definition) is 6. The molecule has 0 bridgehead atoms. The quantitative estimate of drug-likeness (QED) is 0.726. The van der Waals surface area contributed by atoms with Gasteiger partial charge in [-0.1, -0.05) is 17.3 Å². The molecule has 0 atom stereocenters. The molecule has 130 valence electrons. The number of rotatable bonds is 5. The van der Waals surface area contributed by atoms with Crippen LogP contribution in [-0.4, -0.2) is 18.6 Å². The van der Waals surface area contributed by atoms with Crippen LogP contribution in [0, 0.1) is 12.7 Å². The molecule has 0 unspecified atom stereocenters. The summed E-state index contributed by atoms with van der Waals surface area (Å²) in [6, 6.07) is 7.12. The van der Waals surface area contributed by atoms with Crippen LogP contribution in [0.4, 0.5) is 10.1 Å². The summed E-state index contributed by atoms with van der Waals surface area (Å²) in [5, 5.41) is 3.93. The summed E-state index contributed by atoms with van der Waals surface area (Å²) in [5.41, 5.74) is -0.0924. The van der Waals surface area contributed by atoms with E-state index >= 15 is 0 Å². The molecule has 1 saturated carbocycles. The number of benzene rings is 1. The fourth-order valence-electron chi connectivity index (χ4n) is 2.42. The van der Waals surface area contributed by atoms with Gasteiger partial charge in [-0.15, -0.1) is 11.3 Å². The van der Waals surface area contributed by atoms with E-state index in [9.17, 15) is 12.8 Å². The summed E-state index contributed by atoms with van der Waals surface area (Å²) >= 11 is 1.26. The average Bonchev–Trinajstić information content (AvgIpc) is 3.15. The minimum absolute atomic E-state index is 0.0773. The van der Waals surface area contributed by atoms with Gasteiger partial charge in [0.1, 0.15) is 10.7 Å². The number of halogens is 1. The van der Waals surface area contributed by atoms with Gasteiger partial charge in [0.25, 0.3) is 10.0 Å². The van der Waals surface area contributed by atoms with E-state index in [2.05, 4.69) is 14.9 Å². The Bertz CT molecular complexity index is 1040. The van der Waals surface area contributed by atoms with Gasteiger partial charge in [0, 0.05) is 10.8 Å². The second-order valence-electron chi connectivity index (χ2n) is 5.85. The van der Waals surface area contributed by atoms with Gasteiger partial charge in [-0.2, -0.15) is 4.98 Å². The summed E-state index contributed by atoms with van der Waals surface area (Å²) in [7, 11) is -3.92. The molecular formula is C16H14FN3O3S2. The van der Waals surface area contributed by atoms with Gasteiger partial charge < -0.3 is 4.52 Å². The molecule has 1 aliphatic carbocycles. The Kier molecular flexibility index (Phi) is 3.84. The highest BCUT2D eigenvalue weighted by Gasteiger charge is 2.30. The molecule has 6 nitrogen and oxygen atoms in total. The molecule has 1 aromatic carbocycles.